The Morgan fingerprint density at radius 3 is 2.77 bits per heavy atom. The number of carbonyl (C=O) groups is 1. The van der Waals surface area contributed by atoms with E-state index in [-0.39, 0.29) is 5.78 Å². The molecular formula is C10H11ClO2. The molecule has 1 rings (SSSR count). The van der Waals surface area contributed by atoms with Crippen LogP contribution in [0, 0.1) is 0 Å². The van der Waals surface area contributed by atoms with E-state index >= 15 is 0 Å². The van der Waals surface area contributed by atoms with Gasteiger partial charge in [-0.05, 0) is 13.0 Å². The molecule has 0 aliphatic rings. The molecule has 0 saturated carbocycles. The molecule has 0 amide bonds. The lowest BCUT2D eigenvalue weighted by molar-refractivity contribution is -0.116. The van der Waals surface area contributed by atoms with Crippen molar-refractivity contribution in [3.05, 3.63) is 28.8 Å². The number of halogens is 1. The number of Topliss-reactive ketones (excluding diaryl/α,β-unsaturated/α-hetero) is 1. The Kier molecular flexibility index (Phi) is 3.32. The minimum absolute atomic E-state index is 0.0977. The lowest BCUT2D eigenvalue weighted by atomic mass is 10.1. The molecule has 0 atom stereocenters. The second-order valence-corrected chi connectivity index (χ2v) is 3.22. The Bertz CT molecular complexity index is 321. The number of carbonyl (C=O) groups excluding carboxylic acids is 1. The molecule has 0 aliphatic heterocycles. The molecule has 0 heterocycles. The summed E-state index contributed by atoms with van der Waals surface area (Å²) in [5.74, 6) is 0.694. The molecule has 3 heteroatoms. The van der Waals surface area contributed by atoms with E-state index in [0.29, 0.717) is 17.2 Å². The molecule has 13 heavy (non-hydrogen) atoms. The Morgan fingerprint density at radius 1 is 1.54 bits per heavy atom. The van der Waals surface area contributed by atoms with Crippen LogP contribution in [0.4, 0.5) is 0 Å². The Balaban J connectivity index is 3.05. The fourth-order valence-corrected chi connectivity index (χ4v) is 1.46. The van der Waals surface area contributed by atoms with Crippen molar-refractivity contribution >= 4 is 17.4 Å². The largest absolute Gasteiger partial charge is 0.495 e. The van der Waals surface area contributed by atoms with Crippen LogP contribution in [-0.4, -0.2) is 12.9 Å². The highest BCUT2D eigenvalue weighted by Crippen LogP contribution is 2.28. The predicted octanol–water partition coefficient (Wildman–Crippen LogP) is 2.48. The molecule has 0 saturated heterocycles. The van der Waals surface area contributed by atoms with Gasteiger partial charge in [0.05, 0.1) is 12.1 Å². The van der Waals surface area contributed by atoms with Crippen molar-refractivity contribution in [1.82, 2.24) is 0 Å². The third-order valence-electron chi connectivity index (χ3n) is 1.69. The average Bonchev–Trinajstić information content (AvgIpc) is 2.03. The van der Waals surface area contributed by atoms with Crippen LogP contribution in [0.5, 0.6) is 5.75 Å². The monoisotopic (exact) mass is 198 g/mol. The summed E-state index contributed by atoms with van der Waals surface area (Å²) in [6.45, 7) is 1.54. The molecular weight excluding hydrogens is 188 g/mol. The first-order valence-electron chi connectivity index (χ1n) is 3.96. The van der Waals surface area contributed by atoms with Gasteiger partial charge in [-0.3, -0.25) is 4.79 Å². The van der Waals surface area contributed by atoms with Crippen molar-refractivity contribution in [3.63, 3.8) is 0 Å². The lowest BCUT2D eigenvalue weighted by Gasteiger charge is -2.07. The number of hydrogen-bond donors (Lipinski definition) is 0. The van der Waals surface area contributed by atoms with E-state index in [0.717, 1.165) is 5.56 Å². The summed E-state index contributed by atoms with van der Waals surface area (Å²) >= 11 is 5.88. The summed E-state index contributed by atoms with van der Waals surface area (Å²) < 4.78 is 5.09. The molecule has 0 radical (unpaired) electrons. The molecule has 2 nitrogen and oxygen atoms in total. The zero-order valence-electron chi connectivity index (χ0n) is 7.63. The van der Waals surface area contributed by atoms with Gasteiger partial charge in [0.2, 0.25) is 0 Å². The smallest absolute Gasteiger partial charge is 0.141 e. The van der Waals surface area contributed by atoms with Gasteiger partial charge in [0.1, 0.15) is 11.5 Å². The summed E-state index contributed by atoms with van der Waals surface area (Å²) in [4.78, 5) is 10.9. The summed E-state index contributed by atoms with van der Waals surface area (Å²) in [6, 6.07) is 5.39. The topological polar surface area (TPSA) is 26.3 Å². The average molecular weight is 199 g/mol. The van der Waals surface area contributed by atoms with E-state index in [1.807, 2.05) is 12.1 Å². The van der Waals surface area contributed by atoms with Gasteiger partial charge in [0.25, 0.3) is 0 Å². The van der Waals surface area contributed by atoms with Crippen LogP contribution in [0.15, 0.2) is 18.2 Å². The summed E-state index contributed by atoms with van der Waals surface area (Å²) in [6.07, 6.45) is 0.365. The third kappa shape index (κ3) is 2.46. The van der Waals surface area contributed by atoms with Crippen molar-refractivity contribution in [2.24, 2.45) is 0 Å². The van der Waals surface area contributed by atoms with E-state index < -0.39 is 0 Å². The quantitative estimate of drug-likeness (QED) is 0.746. The van der Waals surface area contributed by atoms with Crippen LogP contribution in [0.1, 0.15) is 12.5 Å². The van der Waals surface area contributed by atoms with Gasteiger partial charge in [0.15, 0.2) is 0 Å². The molecule has 0 spiro atoms. The van der Waals surface area contributed by atoms with Crippen LogP contribution >= 0.6 is 11.6 Å². The molecule has 0 unspecified atom stereocenters. The number of hydrogen-bond acceptors (Lipinski definition) is 2. The predicted molar refractivity (Wildman–Crippen MR) is 52.4 cm³/mol. The van der Waals surface area contributed by atoms with Gasteiger partial charge in [-0.25, -0.2) is 0 Å². The SMILES string of the molecule is COc1c(Cl)cccc1CC(C)=O. The number of rotatable bonds is 3. The van der Waals surface area contributed by atoms with E-state index in [2.05, 4.69) is 0 Å². The van der Waals surface area contributed by atoms with E-state index in [4.69, 9.17) is 16.3 Å². The van der Waals surface area contributed by atoms with E-state index in [9.17, 15) is 4.79 Å². The van der Waals surface area contributed by atoms with Gasteiger partial charge in [0, 0.05) is 12.0 Å². The number of benzene rings is 1. The van der Waals surface area contributed by atoms with Crippen LogP contribution in [0.3, 0.4) is 0 Å². The normalized spacial score (nSPS) is 9.77. The van der Waals surface area contributed by atoms with Gasteiger partial charge < -0.3 is 4.74 Å². The Hall–Kier alpha value is -1.02. The molecule has 0 aromatic heterocycles. The first kappa shape index (κ1) is 10.1. The first-order valence-corrected chi connectivity index (χ1v) is 4.33. The summed E-state index contributed by atoms with van der Waals surface area (Å²) in [5, 5.41) is 0.543. The van der Waals surface area contributed by atoms with Crippen molar-refractivity contribution in [2.45, 2.75) is 13.3 Å². The highest BCUT2D eigenvalue weighted by molar-refractivity contribution is 6.32. The second kappa shape index (κ2) is 4.28. The highest BCUT2D eigenvalue weighted by Gasteiger charge is 2.08. The standard InChI is InChI=1S/C10H11ClO2/c1-7(12)6-8-4-3-5-9(11)10(8)13-2/h3-5H,6H2,1-2H3. The van der Waals surface area contributed by atoms with E-state index in [1.54, 1.807) is 20.1 Å². The highest BCUT2D eigenvalue weighted by atomic mass is 35.5. The molecule has 0 bridgehead atoms. The molecule has 0 N–H and O–H groups in total. The van der Waals surface area contributed by atoms with Gasteiger partial charge in [-0.1, -0.05) is 23.7 Å². The van der Waals surface area contributed by atoms with Gasteiger partial charge in [-0.15, -0.1) is 0 Å². The second-order valence-electron chi connectivity index (χ2n) is 2.81. The molecule has 0 aliphatic carbocycles. The third-order valence-corrected chi connectivity index (χ3v) is 1.99. The summed E-state index contributed by atoms with van der Waals surface area (Å²) in [5.41, 5.74) is 0.836. The van der Waals surface area contributed by atoms with E-state index in [1.165, 1.54) is 0 Å². The Labute approximate surface area is 82.5 Å². The number of methoxy groups -OCH3 is 1. The zero-order chi connectivity index (χ0) is 9.84. The minimum Gasteiger partial charge on any atom is -0.495 e. The van der Waals surface area contributed by atoms with Crippen LogP contribution in [-0.2, 0) is 11.2 Å². The maximum absolute atomic E-state index is 10.9. The molecule has 70 valence electrons. The first-order chi connectivity index (χ1) is 6.15. The molecule has 1 aromatic rings. The maximum atomic E-state index is 10.9. The van der Waals surface area contributed by atoms with Crippen LogP contribution < -0.4 is 4.74 Å². The van der Waals surface area contributed by atoms with Gasteiger partial charge in [-0.2, -0.15) is 0 Å². The minimum atomic E-state index is 0.0977. The molecule has 0 fully saturated rings. The number of ketones is 1. The van der Waals surface area contributed by atoms with Crippen LogP contribution in [0.2, 0.25) is 5.02 Å². The zero-order valence-corrected chi connectivity index (χ0v) is 8.39. The fraction of sp³-hybridized carbons (Fsp3) is 0.300. The van der Waals surface area contributed by atoms with Crippen molar-refractivity contribution in [2.75, 3.05) is 7.11 Å². The van der Waals surface area contributed by atoms with Crippen LogP contribution in [0.25, 0.3) is 0 Å². The van der Waals surface area contributed by atoms with Crippen molar-refractivity contribution in [1.29, 1.82) is 0 Å². The number of ether oxygens (including phenoxy) is 1. The lowest BCUT2D eigenvalue weighted by Crippen LogP contribution is -1.99. The van der Waals surface area contributed by atoms with Crippen molar-refractivity contribution < 1.29 is 9.53 Å². The fourth-order valence-electron chi connectivity index (χ4n) is 1.19. The maximum Gasteiger partial charge on any atom is 0.141 e. The Morgan fingerprint density at radius 2 is 2.23 bits per heavy atom. The van der Waals surface area contributed by atoms with Crippen molar-refractivity contribution in [3.8, 4) is 5.75 Å². The summed E-state index contributed by atoms with van der Waals surface area (Å²) in [7, 11) is 1.55. The van der Waals surface area contributed by atoms with Gasteiger partial charge >= 0.3 is 0 Å². The molecule has 1 aromatic carbocycles. The number of para-hydroxylation sites is 1.